The van der Waals surface area contributed by atoms with Gasteiger partial charge in [-0.25, -0.2) is 18.2 Å². The van der Waals surface area contributed by atoms with Crippen molar-refractivity contribution in [2.24, 2.45) is 5.16 Å². The molecule has 1 heterocycles. The number of nitrogens with one attached hydrogen (secondary N) is 1. The van der Waals surface area contributed by atoms with E-state index >= 15 is 0 Å². The van der Waals surface area contributed by atoms with Crippen LogP contribution in [0.1, 0.15) is 69.9 Å². The maximum absolute atomic E-state index is 13.1. The van der Waals surface area contributed by atoms with Gasteiger partial charge in [0, 0.05) is 23.7 Å². The van der Waals surface area contributed by atoms with Crippen molar-refractivity contribution in [3.05, 3.63) is 11.1 Å². The van der Waals surface area contributed by atoms with Crippen molar-refractivity contribution < 1.29 is 18.4 Å². The summed E-state index contributed by atoms with van der Waals surface area (Å²) >= 11 is 1.12. The molecule has 0 bridgehead atoms. The first-order chi connectivity index (χ1) is 13.4. The third-order valence-electron chi connectivity index (χ3n) is 5.55. The molecule has 2 aliphatic carbocycles. The Kier molecular flexibility index (Phi) is 6.92. The van der Waals surface area contributed by atoms with Crippen LogP contribution in [0.5, 0.6) is 0 Å². The second kappa shape index (κ2) is 9.21. The number of rotatable bonds is 4. The van der Waals surface area contributed by atoms with Crippen LogP contribution in [0.3, 0.4) is 0 Å². The lowest BCUT2D eigenvalue weighted by Gasteiger charge is -2.41. The van der Waals surface area contributed by atoms with E-state index in [1.807, 2.05) is 4.90 Å². The number of urea groups is 1. The first-order valence-electron chi connectivity index (χ1n) is 9.87. The van der Waals surface area contributed by atoms with Crippen molar-refractivity contribution in [1.82, 2.24) is 9.88 Å². The van der Waals surface area contributed by atoms with Gasteiger partial charge in [-0.05, 0) is 25.7 Å². The average Bonchev–Trinajstić information content (AvgIpc) is 3.11. The number of amides is 2. The van der Waals surface area contributed by atoms with Gasteiger partial charge in [-0.3, -0.25) is 5.32 Å². The van der Waals surface area contributed by atoms with Crippen LogP contribution in [0.2, 0.25) is 0 Å². The van der Waals surface area contributed by atoms with Gasteiger partial charge in [0.1, 0.15) is 5.69 Å². The summed E-state index contributed by atoms with van der Waals surface area (Å²) in [5.74, 6) is 0. The van der Waals surface area contributed by atoms with Crippen molar-refractivity contribution in [3.8, 4) is 0 Å². The Bertz CT molecular complexity index is 791. The van der Waals surface area contributed by atoms with E-state index in [9.17, 15) is 13.2 Å². The van der Waals surface area contributed by atoms with Crippen LogP contribution in [0.4, 0.5) is 9.93 Å². The Labute approximate surface area is 169 Å². The van der Waals surface area contributed by atoms with Gasteiger partial charge in [-0.2, -0.15) is 0 Å². The lowest BCUT2D eigenvalue weighted by molar-refractivity contribution is 0.114. The smallest absolute Gasteiger partial charge is 0.324 e. The highest BCUT2D eigenvalue weighted by Crippen LogP contribution is 2.31. The van der Waals surface area contributed by atoms with Gasteiger partial charge in [0.25, 0.3) is 0 Å². The van der Waals surface area contributed by atoms with Crippen molar-refractivity contribution in [2.75, 3.05) is 11.6 Å². The fraction of sp³-hybridized carbons (Fsp3) is 0.722. The molecular weight excluding hydrogens is 400 g/mol. The van der Waals surface area contributed by atoms with Gasteiger partial charge >= 0.3 is 6.03 Å². The zero-order valence-electron chi connectivity index (χ0n) is 16.1. The highest BCUT2D eigenvalue weighted by Gasteiger charge is 2.33. The molecule has 3 rings (SSSR count). The Hall–Kier alpha value is -1.68. The highest BCUT2D eigenvalue weighted by atomic mass is 32.2. The minimum absolute atomic E-state index is 0.0344. The van der Waals surface area contributed by atoms with Gasteiger partial charge < -0.3 is 10.1 Å². The van der Waals surface area contributed by atoms with E-state index in [2.05, 4.69) is 15.5 Å². The Morgan fingerprint density at radius 3 is 2.14 bits per heavy atom. The highest BCUT2D eigenvalue weighted by molar-refractivity contribution is 8.06. The summed E-state index contributed by atoms with van der Waals surface area (Å²) in [5, 5.41) is 16.0. The molecule has 2 N–H and O–H groups in total. The fourth-order valence-electron chi connectivity index (χ4n) is 4.25. The standard InChI is InChI=1S/C18H28N4O4S2/c1-28(25,26)16(21-24)15-12-27-17(19-15)20-18(23)22(13-8-4-2-5-9-13)14-10-6-3-7-11-14/h12-14,24H,2-11H2,1H3,(H,19,20,23)/b21-16+. The normalized spacial score (nSPS) is 20.1. The number of hydrogen-bond acceptors (Lipinski definition) is 7. The van der Waals surface area contributed by atoms with E-state index in [4.69, 9.17) is 5.21 Å². The van der Waals surface area contributed by atoms with Gasteiger partial charge in [-0.15, -0.1) is 11.3 Å². The first kappa shape index (κ1) is 21.0. The van der Waals surface area contributed by atoms with Gasteiger partial charge in [-0.1, -0.05) is 43.7 Å². The fourth-order valence-corrected chi connectivity index (χ4v) is 5.64. The minimum atomic E-state index is -3.71. The number of anilines is 1. The summed E-state index contributed by atoms with van der Waals surface area (Å²) in [5.41, 5.74) is 0.0344. The molecule has 0 unspecified atom stereocenters. The van der Waals surface area contributed by atoms with E-state index in [0.717, 1.165) is 69.0 Å². The predicted molar refractivity (Wildman–Crippen MR) is 110 cm³/mol. The molecule has 2 amide bonds. The van der Waals surface area contributed by atoms with Crippen LogP contribution in [0, 0.1) is 0 Å². The van der Waals surface area contributed by atoms with E-state index in [1.54, 1.807) is 0 Å². The van der Waals surface area contributed by atoms with E-state index in [1.165, 1.54) is 18.2 Å². The molecule has 28 heavy (non-hydrogen) atoms. The number of sulfone groups is 1. The number of carbonyl (C=O) groups excluding carboxylic acids is 1. The molecule has 156 valence electrons. The SMILES string of the molecule is CS(=O)(=O)/C(=N/O)c1csc(NC(=O)N(C2CCCCC2)C2CCCCC2)n1. The van der Waals surface area contributed by atoms with Crippen molar-refractivity contribution in [2.45, 2.75) is 76.3 Å². The molecule has 0 saturated heterocycles. The van der Waals surface area contributed by atoms with Crippen LogP contribution in [0.25, 0.3) is 0 Å². The number of hydrogen-bond donors (Lipinski definition) is 2. The largest absolute Gasteiger partial charge is 0.410 e. The summed E-state index contributed by atoms with van der Waals surface area (Å²) in [7, 11) is -3.71. The topological polar surface area (TPSA) is 112 Å². The average molecular weight is 429 g/mol. The molecule has 10 heteroatoms. The molecule has 1 aromatic heterocycles. The van der Waals surface area contributed by atoms with Crippen molar-refractivity contribution in [3.63, 3.8) is 0 Å². The van der Waals surface area contributed by atoms with E-state index in [0.29, 0.717) is 5.13 Å². The number of nitrogens with zero attached hydrogens (tertiary/aromatic N) is 3. The number of thiazole rings is 1. The van der Waals surface area contributed by atoms with Crippen molar-refractivity contribution >= 4 is 37.4 Å². The molecule has 0 aromatic carbocycles. The molecule has 2 fully saturated rings. The Balaban J connectivity index is 1.76. The van der Waals surface area contributed by atoms with Crippen molar-refractivity contribution in [1.29, 1.82) is 0 Å². The van der Waals surface area contributed by atoms with Gasteiger partial charge in [0.15, 0.2) is 15.0 Å². The molecule has 0 spiro atoms. The molecule has 8 nitrogen and oxygen atoms in total. The maximum Gasteiger partial charge on any atom is 0.324 e. The van der Waals surface area contributed by atoms with E-state index < -0.39 is 14.9 Å². The van der Waals surface area contributed by atoms with Crippen LogP contribution in [-0.4, -0.2) is 52.9 Å². The van der Waals surface area contributed by atoms with Gasteiger partial charge in [0.2, 0.25) is 5.04 Å². The third-order valence-corrected chi connectivity index (χ3v) is 7.30. The summed E-state index contributed by atoms with van der Waals surface area (Å²) in [6.45, 7) is 0. The van der Waals surface area contributed by atoms with Crippen LogP contribution < -0.4 is 5.32 Å². The minimum Gasteiger partial charge on any atom is -0.410 e. The van der Waals surface area contributed by atoms with E-state index in [-0.39, 0.29) is 23.8 Å². The molecule has 0 atom stereocenters. The summed E-state index contributed by atoms with van der Waals surface area (Å²) in [6, 6.07) is 0.338. The number of carbonyl (C=O) groups is 1. The second-order valence-electron chi connectivity index (χ2n) is 7.64. The lowest BCUT2D eigenvalue weighted by atomic mass is 9.89. The summed E-state index contributed by atoms with van der Waals surface area (Å²) < 4.78 is 23.4. The quantitative estimate of drug-likeness (QED) is 0.328. The molecule has 0 radical (unpaired) electrons. The molecule has 0 aliphatic heterocycles. The zero-order valence-corrected chi connectivity index (χ0v) is 17.8. The molecule has 2 aliphatic rings. The van der Waals surface area contributed by atoms with Crippen LogP contribution in [0.15, 0.2) is 10.5 Å². The Morgan fingerprint density at radius 1 is 1.14 bits per heavy atom. The first-order valence-corrected chi connectivity index (χ1v) is 12.6. The number of oxime groups is 1. The molecular formula is C18H28N4O4S2. The number of aromatic nitrogens is 1. The van der Waals surface area contributed by atoms with Gasteiger partial charge in [0.05, 0.1) is 0 Å². The predicted octanol–water partition coefficient (Wildman–Crippen LogP) is 3.82. The van der Waals surface area contributed by atoms with Crippen LogP contribution >= 0.6 is 11.3 Å². The Morgan fingerprint density at radius 2 is 1.68 bits per heavy atom. The molecule has 2 saturated carbocycles. The lowest BCUT2D eigenvalue weighted by Crippen LogP contribution is -2.50. The summed E-state index contributed by atoms with van der Waals surface area (Å²) in [4.78, 5) is 19.3. The summed E-state index contributed by atoms with van der Waals surface area (Å²) in [6.07, 6.45) is 12.1. The second-order valence-corrected chi connectivity index (χ2v) is 10.4. The third kappa shape index (κ3) is 5.02. The van der Waals surface area contributed by atoms with Crippen LogP contribution in [-0.2, 0) is 9.84 Å². The molecule has 1 aromatic rings. The zero-order chi connectivity index (χ0) is 20.1. The maximum atomic E-state index is 13.1. The monoisotopic (exact) mass is 428 g/mol.